The van der Waals surface area contributed by atoms with Crippen LogP contribution in [0.4, 0.5) is 14.6 Å². The lowest BCUT2D eigenvalue weighted by Gasteiger charge is -2.34. The fourth-order valence-electron chi connectivity index (χ4n) is 5.05. The van der Waals surface area contributed by atoms with Gasteiger partial charge in [0.25, 0.3) is 0 Å². The van der Waals surface area contributed by atoms with Gasteiger partial charge in [-0.15, -0.1) is 0 Å². The molecular weight excluding hydrogens is 442 g/mol. The zero-order valence-corrected chi connectivity index (χ0v) is 19.3. The third kappa shape index (κ3) is 3.78. The van der Waals surface area contributed by atoms with Gasteiger partial charge < -0.3 is 14.4 Å². The molecule has 0 N–H and O–H groups in total. The SMILES string of the molecule is CCC12CCC(C)N1c1cc(OCc3cc(F)c(Oc4ccc(C)nc4)c(F)c3)nc(=O)n1C2. The maximum Gasteiger partial charge on any atom is 0.352 e. The van der Waals surface area contributed by atoms with Crippen LogP contribution >= 0.6 is 0 Å². The minimum absolute atomic E-state index is 0.0685. The van der Waals surface area contributed by atoms with Gasteiger partial charge in [0, 0.05) is 17.8 Å². The molecule has 2 atom stereocenters. The first-order valence-electron chi connectivity index (χ1n) is 11.4. The maximum absolute atomic E-state index is 14.6. The van der Waals surface area contributed by atoms with E-state index in [2.05, 4.69) is 28.7 Å². The second kappa shape index (κ2) is 8.38. The average molecular weight is 469 g/mol. The highest BCUT2D eigenvalue weighted by Gasteiger charge is 2.49. The van der Waals surface area contributed by atoms with E-state index in [1.807, 2.05) is 0 Å². The Morgan fingerprint density at radius 1 is 1.21 bits per heavy atom. The van der Waals surface area contributed by atoms with E-state index in [-0.39, 0.29) is 35.0 Å². The van der Waals surface area contributed by atoms with E-state index in [1.165, 1.54) is 6.20 Å². The molecule has 3 aromatic rings. The Bertz CT molecular complexity index is 1270. The molecule has 0 bridgehead atoms. The smallest absolute Gasteiger partial charge is 0.352 e. The molecule has 9 heteroatoms. The molecule has 178 valence electrons. The summed E-state index contributed by atoms with van der Waals surface area (Å²) in [6.07, 6.45) is 4.41. The first kappa shape index (κ1) is 22.3. The van der Waals surface area contributed by atoms with Crippen molar-refractivity contribution >= 4 is 5.82 Å². The first-order chi connectivity index (χ1) is 16.3. The summed E-state index contributed by atoms with van der Waals surface area (Å²) < 4.78 is 41.9. The molecule has 0 aliphatic carbocycles. The van der Waals surface area contributed by atoms with Gasteiger partial charge in [0.15, 0.2) is 17.4 Å². The van der Waals surface area contributed by atoms with Crippen LogP contribution < -0.4 is 20.1 Å². The monoisotopic (exact) mass is 468 g/mol. The van der Waals surface area contributed by atoms with Gasteiger partial charge in [-0.1, -0.05) is 6.92 Å². The molecular formula is C25H26F2N4O3. The van der Waals surface area contributed by atoms with E-state index in [0.717, 1.165) is 42.9 Å². The van der Waals surface area contributed by atoms with E-state index >= 15 is 0 Å². The normalized spacial score (nSPS) is 20.9. The Hall–Kier alpha value is -3.49. The van der Waals surface area contributed by atoms with E-state index < -0.39 is 17.4 Å². The number of hydrogen-bond acceptors (Lipinski definition) is 6. The van der Waals surface area contributed by atoms with Crippen molar-refractivity contribution in [2.24, 2.45) is 0 Å². The first-order valence-corrected chi connectivity index (χ1v) is 11.4. The fourth-order valence-corrected chi connectivity index (χ4v) is 5.05. The Balaban J connectivity index is 1.35. The lowest BCUT2D eigenvalue weighted by Crippen LogP contribution is -2.43. The van der Waals surface area contributed by atoms with E-state index in [1.54, 1.807) is 29.7 Å². The molecule has 2 unspecified atom stereocenters. The number of benzene rings is 1. The number of hydrogen-bond donors (Lipinski definition) is 0. The van der Waals surface area contributed by atoms with Crippen LogP contribution in [-0.2, 0) is 13.2 Å². The molecule has 5 rings (SSSR count). The van der Waals surface area contributed by atoms with Crippen LogP contribution in [0.2, 0.25) is 0 Å². The number of anilines is 1. The number of nitrogens with zero attached hydrogens (tertiary/aromatic N) is 4. The van der Waals surface area contributed by atoms with Crippen molar-refractivity contribution in [2.75, 3.05) is 4.90 Å². The van der Waals surface area contributed by atoms with Crippen molar-refractivity contribution in [3.8, 4) is 17.4 Å². The second-order valence-corrected chi connectivity index (χ2v) is 9.07. The Morgan fingerprint density at radius 2 is 1.97 bits per heavy atom. The quantitative estimate of drug-likeness (QED) is 0.520. The van der Waals surface area contributed by atoms with Crippen molar-refractivity contribution in [2.45, 2.75) is 64.8 Å². The van der Waals surface area contributed by atoms with Crippen molar-refractivity contribution < 1.29 is 18.3 Å². The molecule has 0 spiro atoms. The van der Waals surface area contributed by atoms with Gasteiger partial charge in [-0.05, 0) is 62.9 Å². The van der Waals surface area contributed by atoms with Gasteiger partial charge in [-0.25, -0.2) is 13.6 Å². The minimum atomic E-state index is -0.861. The summed E-state index contributed by atoms with van der Waals surface area (Å²) in [5, 5.41) is 0. The van der Waals surface area contributed by atoms with Crippen molar-refractivity contribution in [3.05, 3.63) is 69.9 Å². The van der Waals surface area contributed by atoms with Gasteiger partial charge in [-0.2, -0.15) is 4.98 Å². The number of aromatic nitrogens is 3. The summed E-state index contributed by atoms with van der Waals surface area (Å²) in [6, 6.07) is 7.62. The predicted molar refractivity (Wildman–Crippen MR) is 122 cm³/mol. The minimum Gasteiger partial charge on any atom is -0.473 e. The third-order valence-corrected chi connectivity index (χ3v) is 6.85. The van der Waals surface area contributed by atoms with Gasteiger partial charge in [0.1, 0.15) is 18.2 Å². The summed E-state index contributed by atoms with van der Waals surface area (Å²) in [4.78, 5) is 23.1. The molecule has 0 saturated carbocycles. The van der Waals surface area contributed by atoms with Crippen molar-refractivity contribution in [3.63, 3.8) is 0 Å². The molecule has 0 radical (unpaired) electrons. The zero-order chi connectivity index (χ0) is 24.0. The standard InChI is InChI=1S/C25H26F2N4O3/c1-4-25-8-7-16(3)31(25)22-11-21(29-24(32)30(22)14-25)33-13-17-9-19(26)23(20(27)10-17)34-18-6-5-15(2)28-12-18/h5-6,9-12,16H,4,7-8,13-14H2,1-3H3. The van der Waals surface area contributed by atoms with Gasteiger partial charge >= 0.3 is 5.69 Å². The number of rotatable bonds is 6. The molecule has 4 heterocycles. The number of fused-ring (bicyclic) bond motifs is 3. The summed E-state index contributed by atoms with van der Waals surface area (Å²) in [5.41, 5.74) is 0.570. The van der Waals surface area contributed by atoms with Crippen LogP contribution in [0.1, 0.15) is 44.4 Å². The Labute approximate surface area is 196 Å². The number of ether oxygens (including phenoxy) is 2. The lowest BCUT2D eigenvalue weighted by molar-refractivity contribution is 0.289. The summed E-state index contributed by atoms with van der Waals surface area (Å²) in [5.74, 6) is -1.08. The fraction of sp³-hybridized carbons (Fsp3) is 0.400. The molecule has 1 saturated heterocycles. The summed E-state index contributed by atoms with van der Waals surface area (Å²) >= 11 is 0. The van der Waals surface area contributed by atoms with Crippen LogP contribution in [0.5, 0.6) is 17.4 Å². The molecule has 2 aliphatic rings. The Morgan fingerprint density at radius 3 is 2.65 bits per heavy atom. The highest BCUT2D eigenvalue weighted by molar-refractivity contribution is 5.52. The molecule has 1 fully saturated rings. The molecule has 1 aromatic carbocycles. The van der Waals surface area contributed by atoms with Crippen molar-refractivity contribution in [1.82, 2.24) is 14.5 Å². The molecule has 7 nitrogen and oxygen atoms in total. The van der Waals surface area contributed by atoms with Gasteiger partial charge in [0.2, 0.25) is 5.88 Å². The van der Waals surface area contributed by atoms with Crippen molar-refractivity contribution in [1.29, 1.82) is 0 Å². The van der Waals surface area contributed by atoms with Crippen LogP contribution in [0.15, 0.2) is 41.3 Å². The largest absolute Gasteiger partial charge is 0.473 e. The molecule has 2 aromatic heterocycles. The lowest BCUT2D eigenvalue weighted by atomic mass is 9.94. The molecule has 34 heavy (non-hydrogen) atoms. The number of aryl methyl sites for hydroxylation is 1. The molecule has 0 amide bonds. The zero-order valence-electron chi connectivity index (χ0n) is 19.3. The van der Waals surface area contributed by atoms with Crippen LogP contribution in [0, 0.1) is 18.6 Å². The van der Waals surface area contributed by atoms with Crippen LogP contribution in [0.3, 0.4) is 0 Å². The predicted octanol–water partition coefficient (Wildman–Crippen LogP) is 4.75. The number of halogens is 2. The van der Waals surface area contributed by atoms with Crippen LogP contribution in [-0.4, -0.2) is 26.1 Å². The summed E-state index contributed by atoms with van der Waals surface area (Å²) in [7, 11) is 0. The highest BCUT2D eigenvalue weighted by Crippen LogP contribution is 2.46. The van der Waals surface area contributed by atoms with Gasteiger partial charge in [-0.3, -0.25) is 9.55 Å². The number of pyridine rings is 1. The second-order valence-electron chi connectivity index (χ2n) is 9.07. The topological polar surface area (TPSA) is 69.5 Å². The average Bonchev–Trinajstić information content (AvgIpc) is 3.32. The van der Waals surface area contributed by atoms with E-state index in [9.17, 15) is 13.6 Å². The highest BCUT2D eigenvalue weighted by atomic mass is 19.1. The van der Waals surface area contributed by atoms with Crippen LogP contribution in [0.25, 0.3) is 0 Å². The molecule has 2 aliphatic heterocycles. The van der Waals surface area contributed by atoms with E-state index in [4.69, 9.17) is 9.47 Å². The third-order valence-electron chi connectivity index (χ3n) is 6.85. The Kier molecular flexibility index (Phi) is 5.50. The maximum atomic E-state index is 14.6. The van der Waals surface area contributed by atoms with Gasteiger partial charge in [0.05, 0.1) is 18.3 Å². The summed E-state index contributed by atoms with van der Waals surface area (Å²) in [6.45, 7) is 6.56. The van der Waals surface area contributed by atoms with E-state index in [0.29, 0.717) is 12.6 Å².